The van der Waals surface area contributed by atoms with E-state index in [9.17, 15) is 18.3 Å². The fourth-order valence-corrected chi connectivity index (χ4v) is 6.64. The van der Waals surface area contributed by atoms with Gasteiger partial charge in [-0.1, -0.05) is 25.3 Å². The summed E-state index contributed by atoms with van der Waals surface area (Å²) in [6.45, 7) is 1.48. The van der Waals surface area contributed by atoms with Gasteiger partial charge in [-0.3, -0.25) is 9.71 Å². The molecule has 2 aliphatic rings. The molecule has 0 amide bonds. The monoisotopic (exact) mass is 619 g/mol. The van der Waals surface area contributed by atoms with Gasteiger partial charge in [0.25, 0.3) is 10.0 Å². The van der Waals surface area contributed by atoms with Crippen LogP contribution >= 0.6 is 0 Å². The molecule has 44 heavy (non-hydrogen) atoms. The Morgan fingerprint density at radius 2 is 1.91 bits per heavy atom. The fraction of sp³-hybridized carbons (Fsp3) is 0.419. The van der Waals surface area contributed by atoms with Gasteiger partial charge in [-0.15, -0.1) is 0 Å². The largest absolute Gasteiger partial charge is 0.489 e. The third kappa shape index (κ3) is 7.01. The minimum atomic E-state index is -3.87. The average Bonchev–Trinajstić information content (AvgIpc) is 3.38. The second-order valence-electron chi connectivity index (χ2n) is 11.5. The number of nitrogens with one attached hydrogen (secondary N) is 2. The Kier molecular flexibility index (Phi) is 9.05. The summed E-state index contributed by atoms with van der Waals surface area (Å²) in [6.07, 6.45) is 9.90. The molecule has 12 nitrogen and oxygen atoms in total. The number of tetrazole rings is 1. The summed E-state index contributed by atoms with van der Waals surface area (Å²) in [5.41, 5.74) is 2.21. The lowest BCUT2D eigenvalue weighted by Gasteiger charge is -2.27. The van der Waals surface area contributed by atoms with Gasteiger partial charge in [0.1, 0.15) is 11.9 Å². The van der Waals surface area contributed by atoms with Crippen molar-refractivity contribution >= 4 is 15.7 Å². The maximum Gasteiger partial charge on any atom is 0.368 e. The molecular weight excluding hydrogens is 582 g/mol. The van der Waals surface area contributed by atoms with Crippen molar-refractivity contribution in [1.29, 1.82) is 0 Å². The molecule has 2 unspecified atom stereocenters. The maximum atomic E-state index is 13.1. The van der Waals surface area contributed by atoms with Gasteiger partial charge in [0.05, 0.1) is 16.7 Å². The lowest BCUT2D eigenvalue weighted by Crippen LogP contribution is -2.36. The molecule has 232 valence electrons. The first kappa shape index (κ1) is 30.0. The first-order valence-corrected chi connectivity index (χ1v) is 16.6. The number of nitrogens with zero attached hydrogens (tertiary/aromatic N) is 5. The van der Waals surface area contributed by atoms with Gasteiger partial charge in [0.15, 0.2) is 0 Å². The van der Waals surface area contributed by atoms with Crippen LogP contribution in [0.5, 0.6) is 5.75 Å². The standard InChI is InChI=1S/C31H37N7O5S/c39-29(24-7-2-16-32-19-24)21-33-20-27-12-8-23-18-25(9-15-30(23)43-27)34-44(41,42)28-13-10-26(11-14-28)38-31(40)37(35-36-38)17-3-6-22-4-1-5-22/h2,7,9-11,13-16,18-19,22,27,29,33-34,39H,1,3-6,8,12,17,20-21H2. The van der Waals surface area contributed by atoms with E-state index in [1.165, 1.54) is 40.8 Å². The van der Waals surface area contributed by atoms with Gasteiger partial charge in [-0.2, -0.15) is 9.36 Å². The molecule has 3 N–H and O–H groups in total. The van der Waals surface area contributed by atoms with Crippen molar-refractivity contribution in [1.82, 2.24) is 30.1 Å². The smallest absolute Gasteiger partial charge is 0.368 e. The van der Waals surface area contributed by atoms with Crippen molar-refractivity contribution in [2.75, 3.05) is 17.8 Å². The van der Waals surface area contributed by atoms with Gasteiger partial charge < -0.3 is 15.2 Å². The summed E-state index contributed by atoms with van der Waals surface area (Å²) < 4.78 is 37.6. The summed E-state index contributed by atoms with van der Waals surface area (Å²) in [5.74, 6) is 1.48. The number of pyridine rings is 1. The second-order valence-corrected chi connectivity index (χ2v) is 13.2. The van der Waals surface area contributed by atoms with E-state index in [0.29, 0.717) is 36.8 Å². The number of ether oxygens (including phenoxy) is 1. The molecule has 13 heteroatoms. The van der Waals surface area contributed by atoms with Crippen LogP contribution in [0.3, 0.4) is 0 Å². The Morgan fingerprint density at radius 1 is 1.07 bits per heavy atom. The lowest BCUT2D eigenvalue weighted by molar-refractivity contribution is 0.146. The number of fused-ring (bicyclic) bond motifs is 1. The molecule has 1 aliphatic carbocycles. The molecule has 0 bridgehead atoms. The SMILES string of the molecule is O=c1n(CCCC2CCC2)nnn1-c1ccc(S(=O)(=O)Nc2ccc3c(c2)CCC(CNCC(O)c2cccnc2)O3)cc1. The number of hydrogen-bond acceptors (Lipinski definition) is 9. The zero-order valence-electron chi connectivity index (χ0n) is 24.4. The molecule has 4 aromatic rings. The van der Waals surface area contributed by atoms with E-state index in [4.69, 9.17) is 4.74 Å². The van der Waals surface area contributed by atoms with Gasteiger partial charge in [-0.25, -0.2) is 13.2 Å². The molecule has 1 fully saturated rings. The highest BCUT2D eigenvalue weighted by Gasteiger charge is 2.22. The highest BCUT2D eigenvalue weighted by molar-refractivity contribution is 7.92. The number of aliphatic hydroxyl groups is 1. The van der Waals surface area contributed by atoms with Gasteiger partial charge in [0, 0.05) is 43.3 Å². The van der Waals surface area contributed by atoms with Gasteiger partial charge >= 0.3 is 5.69 Å². The van der Waals surface area contributed by atoms with Crippen LogP contribution in [0.2, 0.25) is 0 Å². The highest BCUT2D eigenvalue weighted by Crippen LogP contribution is 2.31. The Hall–Kier alpha value is -4.07. The van der Waals surface area contributed by atoms with Crippen molar-refractivity contribution < 1.29 is 18.3 Å². The summed E-state index contributed by atoms with van der Waals surface area (Å²) in [5, 5.41) is 21.6. The Labute approximate surface area is 256 Å². The average molecular weight is 620 g/mol. The minimum absolute atomic E-state index is 0.0638. The number of anilines is 1. The highest BCUT2D eigenvalue weighted by atomic mass is 32.2. The Morgan fingerprint density at radius 3 is 2.66 bits per heavy atom. The predicted octanol–water partition coefficient (Wildman–Crippen LogP) is 3.22. The van der Waals surface area contributed by atoms with Crippen molar-refractivity contribution in [3.63, 3.8) is 0 Å². The zero-order valence-corrected chi connectivity index (χ0v) is 25.2. The Balaban J connectivity index is 1.02. The molecule has 1 aliphatic heterocycles. The van der Waals surface area contributed by atoms with Crippen molar-refractivity contribution in [2.45, 2.75) is 68.6 Å². The normalized spacial score (nSPS) is 17.3. The topological polar surface area (TPSA) is 153 Å². The summed E-state index contributed by atoms with van der Waals surface area (Å²) in [6, 6.07) is 14.9. The summed E-state index contributed by atoms with van der Waals surface area (Å²) >= 11 is 0. The fourth-order valence-electron chi connectivity index (χ4n) is 5.59. The number of rotatable bonds is 13. The van der Waals surface area contributed by atoms with E-state index in [2.05, 4.69) is 25.4 Å². The number of aliphatic hydroxyl groups excluding tert-OH is 1. The van der Waals surface area contributed by atoms with E-state index in [1.807, 2.05) is 6.07 Å². The van der Waals surface area contributed by atoms with E-state index in [0.717, 1.165) is 42.7 Å². The molecule has 0 spiro atoms. The van der Waals surface area contributed by atoms with Gasteiger partial charge in [-0.05, 0) is 96.1 Å². The quantitative estimate of drug-likeness (QED) is 0.205. The van der Waals surface area contributed by atoms with Gasteiger partial charge in [0.2, 0.25) is 0 Å². The molecule has 1 saturated carbocycles. The first-order valence-electron chi connectivity index (χ1n) is 15.1. The van der Waals surface area contributed by atoms with E-state index in [-0.39, 0.29) is 16.7 Å². The van der Waals surface area contributed by atoms with Crippen LogP contribution in [0.1, 0.15) is 55.8 Å². The molecule has 2 atom stereocenters. The molecule has 0 saturated heterocycles. The molecule has 2 aromatic carbocycles. The van der Waals surface area contributed by atoms with E-state index >= 15 is 0 Å². The zero-order chi connectivity index (χ0) is 30.5. The van der Waals surface area contributed by atoms with Crippen LogP contribution < -0.4 is 20.5 Å². The number of aromatic nitrogens is 5. The van der Waals surface area contributed by atoms with E-state index < -0.39 is 16.1 Å². The van der Waals surface area contributed by atoms with Crippen molar-refractivity contribution in [3.05, 3.63) is 88.6 Å². The number of hydrogen-bond donors (Lipinski definition) is 3. The summed E-state index contributed by atoms with van der Waals surface area (Å²) in [4.78, 5) is 16.9. The Bertz CT molecular complexity index is 1720. The predicted molar refractivity (Wildman–Crippen MR) is 164 cm³/mol. The third-order valence-electron chi connectivity index (χ3n) is 8.36. The van der Waals surface area contributed by atoms with Crippen LogP contribution in [0.4, 0.5) is 5.69 Å². The van der Waals surface area contributed by atoms with Crippen LogP contribution in [0.25, 0.3) is 5.69 Å². The molecule has 0 radical (unpaired) electrons. The number of benzene rings is 2. The van der Waals surface area contributed by atoms with Crippen molar-refractivity contribution in [3.8, 4) is 11.4 Å². The van der Waals surface area contributed by atoms with E-state index in [1.54, 1.807) is 48.8 Å². The molecule has 6 rings (SSSR count). The number of sulfonamides is 1. The molecule has 3 heterocycles. The molecular formula is C31H37N7O5S. The van der Waals surface area contributed by atoms with Crippen molar-refractivity contribution in [2.24, 2.45) is 5.92 Å². The molecule has 2 aromatic heterocycles. The lowest BCUT2D eigenvalue weighted by atomic mass is 9.82. The summed E-state index contributed by atoms with van der Waals surface area (Å²) in [7, 11) is -3.87. The third-order valence-corrected chi connectivity index (χ3v) is 9.76. The number of aryl methyl sites for hydroxylation is 2. The van der Waals surface area contributed by atoms with Crippen LogP contribution in [-0.2, 0) is 23.0 Å². The maximum absolute atomic E-state index is 13.1. The first-order chi connectivity index (χ1) is 21.4. The van der Waals surface area contributed by atoms with Crippen LogP contribution in [-0.4, -0.2) is 57.5 Å². The minimum Gasteiger partial charge on any atom is -0.489 e. The van der Waals surface area contributed by atoms with Crippen LogP contribution in [0, 0.1) is 5.92 Å². The van der Waals surface area contributed by atoms with Crippen LogP contribution in [0.15, 0.2) is 76.7 Å². The second kappa shape index (κ2) is 13.3.